The van der Waals surface area contributed by atoms with Gasteiger partial charge in [0.2, 0.25) is 0 Å². The predicted octanol–water partition coefficient (Wildman–Crippen LogP) is 6.30. The summed E-state index contributed by atoms with van der Waals surface area (Å²) in [6.45, 7) is 1.98. The Morgan fingerprint density at radius 1 is 1.04 bits per heavy atom. The smallest absolute Gasteiger partial charge is 0.306 e. The van der Waals surface area contributed by atoms with Gasteiger partial charge in [0.25, 0.3) is 0 Å². The average Bonchev–Trinajstić information content (AvgIpc) is 2.70. The van der Waals surface area contributed by atoms with Crippen molar-refractivity contribution in [3.05, 3.63) is 82.4 Å². The van der Waals surface area contributed by atoms with E-state index in [9.17, 15) is 9.90 Å². The molecule has 0 bridgehead atoms. The highest BCUT2D eigenvalue weighted by molar-refractivity contribution is 6.34. The molecule has 4 rings (SSSR count). The number of hydrogen-bond acceptors (Lipinski definition) is 2. The molecule has 0 aliphatic heterocycles. The average molecular weight is 393 g/mol. The first-order chi connectivity index (χ1) is 13.5. The van der Waals surface area contributed by atoms with Crippen LogP contribution in [0, 0.1) is 12.8 Å². The molecule has 0 heterocycles. The van der Waals surface area contributed by atoms with Crippen LogP contribution in [0.5, 0.6) is 11.5 Å². The molecule has 1 aliphatic rings. The van der Waals surface area contributed by atoms with Crippen LogP contribution in [0.3, 0.4) is 0 Å². The molecular formula is C24H21ClO3. The quantitative estimate of drug-likeness (QED) is 0.566. The molecule has 1 N–H and O–H groups in total. The topological polar surface area (TPSA) is 46.5 Å². The summed E-state index contributed by atoms with van der Waals surface area (Å²) in [6.07, 6.45) is 2.03. The van der Waals surface area contributed by atoms with Crippen molar-refractivity contribution in [1.29, 1.82) is 0 Å². The molecular weight excluding hydrogens is 372 g/mol. The first kappa shape index (κ1) is 18.6. The molecule has 0 saturated carbocycles. The maximum Gasteiger partial charge on any atom is 0.306 e. The number of carboxylic acid groups (broad SMARTS) is 1. The van der Waals surface area contributed by atoms with E-state index in [0.29, 0.717) is 23.6 Å². The molecule has 0 amide bonds. The number of halogens is 1. The van der Waals surface area contributed by atoms with Crippen LogP contribution >= 0.6 is 11.6 Å². The molecule has 1 unspecified atom stereocenters. The number of rotatable bonds is 4. The molecule has 1 aliphatic carbocycles. The van der Waals surface area contributed by atoms with Crippen molar-refractivity contribution >= 4 is 17.6 Å². The molecule has 0 fully saturated rings. The SMILES string of the molecule is Cc1cccc(-c2ccccc2Oc2ccc3c(c2)CC(C(=O)O)CC3)c1Cl. The summed E-state index contributed by atoms with van der Waals surface area (Å²) in [4.78, 5) is 11.4. The van der Waals surface area contributed by atoms with Crippen LogP contribution in [-0.4, -0.2) is 11.1 Å². The third-order valence-corrected chi connectivity index (χ3v) is 5.85. The van der Waals surface area contributed by atoms with Crippen molar-refractivity contribution in [3.8, 4) is 22.6 Å². The molecule has 0 radical (unpaired) electrons. The standard InChI is InChI=1S/C24H21ClO3/c1-15-5-4-7-21(23(15)25)20-6-2-3-8-22(20)28-19-12-11-16-9-10-17(24(26)27)13-18(16)14-19/h2-8,11-12,14,17H,9-10,13H2,1H3,(H,26,27). The number of aryl methyl sites for hydroxylation is 2. The number of benzene rings is 3. The largest absolute Gasteiger partial charge is 0.481 e. The lowest BCUT2D eigenvalue weighted by Gasteiger charge is -2.22. The van der Waals surface area contributed by atoms with E-state index in [0.717, 1.165) is 34.4 Å². The lowest BCUT2D eigenvalue weighted by molar-refractivity contribution is -0.142. The maximum atomic E-state index is 11.4. The third-order valence-electron chi connectivity index (χ3n) is 5.35. The van der Waals surface area contributed by atoms with Gasteiger partial charge in [-0.2, -0.15) is 0 Å². The van der Waals surface area contributed by atoms with Crippen LogP contribution in [0.25, 0.3) is 11.1 Å². The normalized spacial score (nSPS) is 15.7. The Morgan fingerprint density at radius 2 is 1.82 bits per heavy atom. The molecule has 4 heteroatoms. The monoisotopic (exact) mass is 392 g/mol. The Bertz CT molecular complexity index is 1040. The fourth-order valence-electron chi connectivity index (χ4n) is 3.77. The Morgan fingerprint density at radius 3 is 2.64 bits per heavy atom. The van der Waals surface area contributed by atoms with Gasteiger partial charge >= 0.3 is 5.97 Å². The summed E-state index contributed by atoms with van der Waals surface area (Å²) in [5.41, 5.74) is 5.14. The number of ether oxygens (including phenoxy) is 1. The Kier molecular flexibility index (Phi) is 5.10. The van der Waals surface area contributed by atoms with Crippen molar-refractivity contribution in [2.24, 2.45) is 5.92 Å². The highest BCUT2D eigenvalue weighted by Crippen LogP contribution is 2.39. The number of hydrogen-bond donors (Lipinski definition) is 1. The van der Waals surface area contributed by atoms with E-state index in [2.05, 4.69) is 0 Å². The zero-order valence-corrected chi connectivity index (χ0v) is 16.4. The summed E-state index contributed by atoms with van der Waals surface area (Å²) >= 11 is 6.53. The van der Waals surface area contributed by atoms with Gasteiger partial charge in [0, 0.05) is 11.1 Å². The molecule has 3 aromatic carbocycles. The first-order valence-electron chi connectivity index (χ1n) is 9.40. The molecule has 0 aromatic heterocycles. The predicted molar refractivity (Wildman–Crippen MR) is 111 cm³/mol. The lowest BCUT2D eigenvalue weighted by Crippen LogP contribution is -2.22. The number of fused-ring (bicyclic) bond motifs is 1. The fourth-order valence-corrected chi connectivity index (χ4v) is 4.00. The summed E-state index contributed by atoms with van der Waals surface area (Å²) in [5, 5.41) is 10.1. The molecule has 0 saturated heterocycles. The molecule has 3 nitrogen and oxygen atoms in total. The van der Waals surface area contributed by atoms with Gasteiger partial charge in [0.05, 0.1) is 10.9 Å². The minimum Gasteiger partial charge on any atom is -0.481 e. The van der Waals surface area contributed by atoms with Gasteiger partial charge in [-0.3, -0.25) is 4.79 Å². The highest BCUT2D eigenvalue weighted by atomic mass is 35.5. The Hall–Kier alpha value is -2.78. The summed E-state index contributed by atoms with van der Waals surface area (Å²) in [5.74, 6) is 0.388. The summed E-state index contributed by atoms with van der Waals surface area (Å²) in [6, 6.07) is 19.7. The van der Waals surface area contributed by atoms with E-state index in [4.69, 9.17) is 16.3 Å². The van der Waals surface area contributed by atoms with E-state index in [-0.39, 0.29) is 5.92 Å². The van der Waals surface area contributed by atoms with Gasteiger partial charge < -0.3 is 9.84 Å². The van der Waals surface area contributed by atoms with Crippen LogP contribution in [0.2, 0.25) is 5.02 Å². The van der Waals surface area contributed by atoms with Crippen LogP contribution in [-0.2, 0) is 17.6 Å². The van der Waals surface area contributed by atoms with Crippen LogP contribution < -0.4 is 4.74 Å². The lowest BCUT2D eigenvalue weighted by atomic mass is 9.84. The maximum absolute atomic E-state index is 11.4. The number of para-hydroxylation sites is 1. The van der Waals surface area contributed by atoms with E-state index < -0.39 is 5.97 Å². The van der Waals surface area contributed by atoms with Crippen molar-refractivity contribution in [3.63, 3.8) is 0 Å². The number of carbonyl (C=O) groups is 1. The Labute approximate surface area is 169 Å². The van der Waals surface area contributed by atoms with Gasteiger partial charge in [-0.25, -0.2) is 0 Å². The number of aliphatic carboxylic acids is 1. The van der Waals surface area contributed by atoms with E-state index >= 15 is 0 Å². The van der Waals surface area contributed by atoms with E-state index in [1.165, 1.54) is 5.56 Å². The zero-order valence-electron chi connectivity index (χ0n) is 15.6. The molecule has 3 aromatic rings. The second-order valence-electron chi connectivity index (χ2n) is 7.24. The van der Waals surface area contributed by atoms with Crippen molar-refractivity contribution < 1.29 is 14.6 Å². The highest BCUT2D eigenvalue weighted by Gasteiger charge is 2.24. The molecule has 28 heavy (non-hydrogen) atoms. The first-order valence-corrected chi connectivity index (χ1v) is 9.77. The van der Waals surface area contributed by atoms with Gasteiger partial charge in [-0.05, 0) is 61.1 Å². The van der Waals surface area contributed by atoms with Crippen molar-refractivity contribution in [2.45, 2.75) is 26.2 Å². The van der Waals surface area contributed by atoms with Crippen LogP contribution in [0.15, 0.2) is 60.7 Å². The van der Waals surface area contributed by atoms with Gasteiger partial charge in [-0.15, -0.1) is 0 Å². The molecule has 0 spiro atoms. The second kappa shape index (κ2) is 7.69. The van der Waals surface area contributed by atoms with E-state index in [1.54, 1.807) is 0 Å². The number of carboxylic acids is 1. The minimum atomic E-state index is -0.726. The summed E-state index contributed by atoms with van der Waals surface area (Å²) in [7, 11) is 0. The third kappa shape index (κ3) is 3.63. The van der Waals surface area contributed by atoms with Gasteiger partial charge in [0.1, 0.15) is 11.5 Å². The van der Waals surface area contributed by atoms with Gasteiger partial charge in [0.15, 0.2) is 0 Å². The Balaban J connectivity index is 1.67. The van der Waals surface area contributed by atoms with Crippen molar-refractivity contribution in [2.75, 3.05) is 0 Å². The molecule has 1 atom stereocenters. The molecule has 142 valence electrons. The van der Waals surface area contributed by atoms with Crippen molar-refractivity contribution in [1.82, 2.24) is 0 Å². The van der Waals surface area contributed by atoms with Gasteiger partial charge in [-0.1, -0.05) is 54.1 Å². The van der Waals surface area contributed by atoms with E-state index in [1.807, 2.05) is 67.6 Å². The zero-order chi connectivity index (χ0) is 19.7. The van der Waals surface area contributed by atoms with Crippen LogP contribution in [0.1, 0.15) is 23.1 Å². The fraction of sp³-hybridized carbons (Fsp3) is 0.208. The minimum absolute atomic E-state index is 0.318. The summed E-state index contributed by atoms with van der Waals surface area (Å²) < 4.78 is 6.21. The van der Waals surface area contributed by atoms with Crippen LogP contribution in [0.4, 0.5) is 0 Å². The second-order valence-corrected chi connectivity index (χ2v) is 7.62.